The monoisotopic (exact) mass is 385 g/mol. The highest BCUT2D eigenvalue weighted by molar-refractivity contribution is 5.85. The van der Waals surface area contributed by atoms with Gasteiger partial charge in [0.05, 0.1) is 5.39 Å². The molecule has 2 aliphatic rings. The van der Waals surface area contributed by atoms with Crippen molar-refractivity contribution in [1.82, 2.24) is 14.8 Å². The van der Waals surface area contributed by atoms with Crippen molar-refractivity contribution in [1.29, 1.82) is 0 Å². The van der Waals surface area contributed by atoms with Gasteiger partial charge < -0.3 is 14.8 Å². The molecule has 148 valence electrons. The number of rotatable bonds is 4. The summed E-state index contributed by atoms with van der Waals surface area (Å²) < 4.78 is 13.5. The first-order valence-corrected chi connectivity index (χ1v) is 9.81. The average molecular weight is 385 g/mol. The quantitative estimate of drug-likeness (QED) is 0.875. The molecule has 1 aromatic carbocycles. The zero-order valence-electron chi connectivity index (χ0n) is 16.0. The molecule has 4 rings (SSSR count). The minimum atomic E-state index is -0.433. The summed E-state index contributed by atoms with van der Waals surface area (Å²) >= 11 is 0. The van der Waals surface area contributed by atoms with Crippen LogP contribution in [0.5, 0.6) is 0 Å². The number of hydrogen-bond donors (Lipinski definition) is 1. The zero-order valence-corrected chi connectivity index (χ0v) is 16.0. The van der Waals surface area contributed by atoms with Gasteiger partial charge in [0.15, 0.2) is 0 Å². The third kappa shape index (κ3) is 3.79. The predicted octanol–water partition coefficient (Wildman–Crippen LogP) is 1.99. The van der Waals surface area contributed by atoms with Crippen LogP contribution in [-0.4, -0.2) is 52.8 Å². The number of carbonyl (C=O) groups excluding carboxylic acids is 2. The van der Waals surface area contributed by atoms with E-state index in [0.29, 0.717) is 54.6 Å². The number of pyridine rings is 1. The van der Waals surface area contributed by atoms with Crippen LogP contribution in [0, 0.1) is 18.7 Å². The maximum Gasteiger partial charge on any atom is 0.256 e. The summed E-state index contributed by atoms with van der Waals surface area (Å²) in [7, 11) is 0. The smallest absolute Gasteiger partial charge is 0.256 e. The first-order chi connectivity index (χ1) is 13.4. The summed E-state index contributed by atoms with van der Waals surface area (Å²) in [4.78, 5) is 43.3. The molecule has 1 aliphatic heterocycles. The topological polar surface area (TPSA) is 73.5 Å². The maximum atomic E-state index is 13.5. The first kappa shape index (κ1) is 18.7. The summed E-state index contributed by atoms with van der Waals surface area (Å²) in [6.07, 6.45) is 2.70. The molecule has 28 heavy (non-hydrogen) atoms. The third-order valence-electron chi connectivity index (χ3n) is 5.67. The van der Waals surface area contributed by atoms with Gasteiger partial charge in [-0.25, -0.2) is 4.39 Å². The van der Waals surface area contributed by atoms with E-state index in [1.807, 2.05) is 11.0 Å². The van der Waals surface area contributed by atoms with Gasteiger partial charge in [-0.15, -0.1) is 0 Å². The van der Waals surface area contributed by atoms with Crippen LogP contribution in [0.1, 0.15) is 30.5 Å². The summed E-state index contributed by atoms with van der Waals surface area (Å²) in [6, 6.07) is 4.46. The van der Waals surface area contributed by atoms with Crippen LogP contribution in [0.15, 0.2) is 23.0 Å². The van der Waals surface area contributed by atoms with Crippen molar-refractivity contribution in [3.8, 4) is 0 Å². The van der Waals surface area contributed by atoms with Gasteiger partial charge in [-0.1, -0.05) is 0 Å². The van der Waals surface area contributed by atoms with E-state index in [4.69, 9.17) is 0 Å². The second-order valence-electron chi connectivity index (χ2n) is 7.79. The van der Waals surface area contributed by atoms with E-state index in [0.717, 1.165) is 12.8 Å². The molecule has 0 unspecified atom stereocenters. The summed E-state index contributed by atoms with van der Waals surface area (Å²) in [5, 5.41) is 1.03. The van der Waals surface area contributed by atoms with Crippen LogP contribution < -0.4 is 5.56 Å². The Morgan fingerprint density at radius 3 is 2.43 bits per heavy atom. The van der Waals surface area contributed by atoms with E-state index in [1.54, 1.807) is 11.8 Å². The number of amides is 2. The van der Waals surface area contributed by atoms with Crippen LogP contribution in [0.2, 0.25) is 0 Å². The fourth-order valence-corrected chi connectivity index (χ4v) is 3.86. The highest BCUT2D eigenvalue weighted by Crippen LogP contribution is 2.31. The van der Waals surface area contributed by atoms with Crippen LogP contribution >= 0.6 is 0 Å². The Kier molecular flexibility index (Phi) is 4.91. The lowest BCUT2D eigenvalue weighted by molar-refractivity contribution is -0.140. The lowest BCUT2D eigenvalue weighted by Crippen LogP contribution is -2.51. The number of hydrogen-bond acceptors (Lipinski definition) is 3. The van der Waals surface area contributed by atoms with E-state index in [1.165, 1.54) is 12.1 Å². The van der Waals surface area contributed by atoms with Gasteiger partial charge in [-0.05, 0) is 55.3 Å². The Balaban J connectivity index is 1.37. The van der Waals surface area contributed by atoms with Crippen LogP contribution in [-0.2, 0) is 16.0 Å². The molecule has 2 heterocycles. The highest BCUT2D eigenvalue weighted by Gasteiger charge is 2.35. The van der Waals surface area contributed by atoms with Crippen molar-refractivity contribution in [2.24, 2.45) is 5.92 Å². The van der Waals surface area contributed by atoms with Crippen LogP contribution in [0.25, 0.3) is 10.8 Å². The maximum absolute atomic E-state index is 13.5. The van der Waals surface area contributed by atoms with Crippen LogP contribution in [0.4, 0.5) is 4.39 Å². The molecule has 2 fully saturated rings. The lowest BCUT2D eigenvalue weighted by Gasteiger charge is -2.35. The number of carbonyl (C=O) groups is 2. The second kappa shape index (κ2) is 7.37. The van der Waals surface area contributed by atoms with Gasteiger partial charge in [0.1, 0.15) is 5.82 Å². The van der Waals surface area contributed by atoms with Crippen molar-refractivity contribution in [2.45, 2.75) is 32.6 Å². The molecule has 1 N–H and O–H groups in total. The summed E-state index contributed by atoms with van der Waals surface area (Å²) in [5.74, 6) is 0.0320. The van der Waals surface area contributed by atoms with Gasteiger partial charge in [0.2, 0.25) is 11.8 Å². The number of piperazine rings is 1. The number of aryl methyl sites for hydroxylation is 2. The highest BCUT2D eigenvalue weighted by atomic mass is 19.1. The Morgan fingerprint density at radius 2 is 1.75 bits per heavy atom. The lowest BCUT2D eigenvalue weighted by atomic mass is 10.0. The van der Waals surface area contributed by atoms with Gasteiger partial charge in [0.25, 0.3) is 5.56 Å². The molecule has 1 aliphatic carbocycles. The Hall–Kier alpha value is -2.70. The molecule has 2 amide bonds. The molecule has 0 spiro atoms. The van der Waals surface area contributed by atoms with Gasteiger partial charge in [-0.2, -0.15) is 0 Å². The molecule has 1 aromatic heterocycles. The molecular weight excluding hydrogens is 361 g/mol. The Labute approximate surface area is 162 Å². The van der Waals surface area contributed by atoms with Crippen molar-refractivity contribution in [3.05, 3.63) is 45.6 Å². The van der Waals surface area contributed by atoms with Crippen molar-refractivity contribution < 1.29 is 14.0 Å². The second-order valence-corrected chi connectivity index (χ2v) is 7.79. The van der Waals surface area contributed by atoms with E-state index < -0.39 is 5.82 Å². The summed E-state index contributed by atoms with van der Waals surface area (Å²) in [5.41, 5.74) is 1.03. The number of halogens is 1. The van der Waals surface area contributed by atoms with Gasteiger partial charge in [-0.3, -0.25) is 14.4 Å². The zero-order chi connectivity index (χ0) is 19.8. The van der Waals surface area contributed by atoms with Crippen molar-refractivity contribution in [3.63, 3.8) is 0 Å². The predicted molar refractivity (Wildman–Crippen MR) is 103 cm³/mol. The fourth-order valence-electron chi connectivity index (χ4n) is 3.86. The minimum Gasteiger partial charge on any atom is -0.339 e. The molecular formula is C21H24FN3O3. The van der Waals surface area contributed by atoms with Crippen molar-refractivity contribution in [2.75, 3.05) is 26.2 Å². The number of nitrogens with zero attached hydrogens (tertiary/aromatic N) is 2. The molecule has 1 saturated carbocycles. The number of nitrogens with one attached hydrogen (secondary N) is 1. The van der Waals surface area contributed by atoms with Crippen LogP contribution in [0.3, 0.4) is 0 Å². The number of H-pyrrole nitrogens is 1. The number of benzene rings is 1. The SMILES string of the molecule is Cc1cc(F)cc2c(=O)[nH]c(CCC(=O)N3CCN(C(=O)C4CC4)CC3)cc12. The standard InChI is InChI=1S/C21H24FN3O3/c1-13-10-15(22)11-18-17(13)12-16(23-20(18)27)4-5-19(26)24-6-8-25(9-7-24)21(28)14-2-3-14/h10-12,14H,2-9H2,1H3,(H,23,27). The van der Waals surface area contributed by atoms with E-state index in [9.17, 15) is 18.8 Å². The van der Waals surface area contributed by atoms with Gasteiger partial charge >= 0.3 is 0 Å². The van der Waals surface area contributed by atoms with Crippen molar-refractivity contribution >= 4 is 22.6 Å². The molecule has 7 heteroatoms. The minimum absolute atomic E-state index is 0.0234. The molecule has 0 bridgehead atoms. The third-order valence-corrected chi connectivity index (χ3v) is 5.67. The largest absolute Gasteiger partial charge is 0.339 e. The fraction of sp³-hybridized carbons (Fsp3) is 0.476. The first-order valence-electron chi connectivity index (χ1n) is 9.81. The number of aromatic amines is 1. The molecule has 6 nitrogen and oxygen atoms in total. The average Bonchev–Trinajstić information content (AvgIpc) is 3.52. The molecule has 0 radical (unpaired) electrons. The van der Waals surface area contributed by atoms with E-state index >= 15 is 0 Å². The van der Waals surface area contributed by atoms with Gasteiger partial charge in [0, 0.05) is 44.2 Å². The van der Waals surface area contributed by atoms with E-state index in [-0.39, 0.29) is 29.7 Å². The summed E-state index contributed by atoms with van der Waals surface area (Å²) in [6.45, 7) is 4.08. The molecule has 2 aromatic rings. The number of aromatic nitrogens is 1. The van der Waals surface area contributed by atoms with E-state index in [2.05, 4.69) is 4.98 Å². The number of fused-ring (bicyclic) bond motifs is 1. The molecule has 1 saturated heterocycles. The Morgan fingerprint density at radius 1 is 1.07 bits per heavy atom. The Bertz CT molecular complexity index is 988. The normalized spacial score (nSPS) is 17.2. The molecule has 0 atom stereocenters.